The molecule has 2 amide bonds. The van der Waals surface area contributed by atoms with Gasteiger partial charge in [0.15, 0.2) is 0 Å². The summed E-state index contributed by atoms with van der Waals surface area (Å²) in [6, 6.07) is 25.3. The van der Waals surface area contributed by atoms with Crippen LogP contribution < -0.4 is 10.2 Å². The maximum atomic E-state index is 12.7. The number of nitrogens with one attached hydrogen (secondary N) is 1. The van der Waals surface area contributed by atoms with Crippen LogP contribution in [0.2, 0.25) is 0 Å². The van der Waals surface area contributed by atoms with Crippen molar-refractivity contribution in [1.82, 2.24) is 0 Å². The van der Waals surface area contributed by atoms with Crippen molar-refractivity contribution in [3.63, 3.8) is 0 Å². The number of benzene rings is 3. The van der Waals surface area contributed by atoms with Crippen LogP contribution in [0, 0.1) is 0 Å². The third-order valence-corrected chi connectivity index (χ3v) is 4.53. The molecule has 4 rings (SSSR count). The Balaban J connectivity index is 1.59. The van der Waals surface area contributed by atoms with Crippen LogP contribution >= 0.6 is 0 Å². The van der Waals surface area contributed by atoms with Crippen LogP contribution in [0.15, 0.2) is 83.9 Å². The van der Waals surface area contributed by atoms with Gasteiger partial charge in [-0.3, -0.25) is 9.89 Å². The molecule has 1 N–H and O–H groups in total. The van der Waals surface area contributed by atoms with Crippen LogP contribution in [0.4, 0.5) is 21.9 Å². The number of urea groups is 1. The van der Waals surface area contributed by atoms with Crippen LogP contribution in [-0.2, 0) is 6.42 Å². The molecule has 1 aliphatic heterocycles. The first kappa shape index (κ1) is 16.1. The topological polar surface area (TPSA) is 44.7 Å². The smallest absolute Gasteiger partial charge is 0.307 e. The standard InChI is InChI=1S/C22H19N3O/c1-25(17-10-3-2-4-11-17)22(26)24-20-14-8-6-12-18(20)21-15-16-9-5-7-13-19(16)23-21/h2-14H,15H2,1H3,(H,24,26). The second kappa shape index (κ2) is 6.84. The highest BCUT2D eigenvalue weighted by Gasteiger charge is 2.19. The Morgan fingerprint density at radius 1 is 0.923 bits per heavy atom. The van der Waals surface area contributed by atoms with Crippen molar-refractivity contribution in [2.24, 2.45) is 4.99 Å². The van der Waals surface area contributed by atoms with Crippen molar-refractivity contribution in [2.75, 3.05) is 17.3 Å². The van der Waals surface area contributed by atoms with E-state index >= 15 is 0 Å². The summed E-state index contributed by atoms with van der Waals surface area (Å²) in [6.45, 7) is 0. The van der Waals surface area contributed by atoms with Crippen molar-refractivity contribution >= 4 is 28.8 Å². The lowest BCUT2D eigenvalue weighted by Crippen LogP contribution is -2.31. The van der Waals surface area contributed by atoms with E-state index < -0.39 is 0 Å². The molecule has 0 fully saturated rings. The summed E-state index contributed by atoms with van der Waals surface area (Å²) in [6.07, 6.45) is 0.775. The number of nitrogens with zero attached hydrogens (tertiary/aromatic N) is 2. The fourth-order valence-electron chi connectivity index (χ4n) is 3.10. The fourth-order valence-corrected chi connectivity index (χ4v) is 3.10. The maximum absolute atomic E-state index is 12.7. The minimum Gasteiger partial charge on any atom is -0.307 e. The first-order valence-corrected chi connectivity index (χ1v) is 8.57. The van der Waals surface area contributed by atoms with Crippen molar-refractivity contribution < 1.29 is 4.79 Å². The molecule has 1 heterocycles. The molecular weight excluding hydrogens is 322 g/mol. The van der Waals surface area contributed by atoms with Crippen molar-refractivity contribution in [2.45, 2.75) is 6.42 Å². The lowest BCUT2D eigenvalue weighted by Gasteiger charge is -2.19. The highest BCUT2D eigenvalue weighted by molar-refractivity contribution is 6.13. The summed E-state index contributed by atoms with van der Waals surface area (Å²) >= 11 is 0. The van der Waals surface area contributed by atoms with Gasteiger partial charge in [0.25, 0.3) is 0 Å². The minimum absolute atomic E-state index is 0.181. The first-order valence-electron chi connectivity index (χ1n) is 8.57. The van der Waals surface area contributed by atoms with Crippen LogP contribution in [0.25, 0.3) is 0 Å². The van der Waals surface area contributed by atoms with Gasteiger partial charge in [-0.2, -0.15) is 0 Å². The number of fused-ring (bicyclic) bond motifs is 1. The molecule has 3 aromatic carbocycles. The SMILES string of the molecule is CN(C(=O)Nc1ccccc1C1=Nc2ccccc2C1)c1ccccc1. The second-order valence-corrected chi connectivity index (χ2v) is 6.23. The number of hydrogen-bond acceptors (Lipinski definition) is 2. The summed E-state index contributed by atoms with van der Waals surface area (Å²) in [5.41, 5.74) is 5.76. The predicted octanol–water partition coefficient (Wildman–Crippen LogP) is 5.03. The largest absolute Gasteiger partial charge is 0.326 e. The number of para-hydroxylation sites is 3. The fraction of sp³-hybridized carbons (Fsp3) is 0.0909. The number of hydrogen-bond donors (Lipinski definition) is 1. The minimum atomic E-state index is -0.181. The van der Waals surface area contributed by atoms with E-state index in [0.717, 1.165) is 34.8 Å². The zero-order valence-corrected chi connectivity index (χ0v) is 14.5. The number of aliphatic imine (C=N–C) groups is 1. The molecule has 0 spiro atoms. The van der Waals surface area contributed by atoms with E-state index in [9.17, 15) is 4.79 Å². The van der Waals surface area contributed by atoms with Gasteiger partial charge < -0.3 is 5.32 Å². The van der Waals surface area contributed by atoms with Crippen molar-refractivity contribution in [3.8, 4) is 0 Å². The second-order valence-electron chi connectivity index (χ2n) is 6.23. The van der Waals surface area contributed by atoms with E-state index in [2.05, 4.69) is 11.4 Å². The number of carbonyl (C=O) groups is 1. The monoisotopic (exact) mass is 341 g/mol. The Kier molecular flexibility index (Phi) is 4.23. The molecule has 0 aliphatic carbocycles. The summed E-state index contributed by atoms with van der Waals surface area (Å²) in [7, 11) is 1.76. The van der Waals surface area contributed by atoms with Crippen molar-refractivity contribution in [1.29, 1.82) is 0 Å². The Bertz CT molecular complexity index is 979. The quantitative estimate of drug-likeness (QED) is 0.713. The van der Waals surface area contributed by atoms with E-state index in [1.54, 1.807) is 11.9 Å². The average Bonchev–Trinajstić information content (AvgIpc) is 3.12. The molecule has 0 bridgehead atoms. The third kappa shape index (κ3) is 3.09. The lowest BCUT2D eigenvalue weighted by atomic mass is 10.0. The highest BCUT2D eigenvalue weighted by Crippen LogP contribution is 2.30. The summed E-state index contributed by atoms with van der Waals surface area (Å²) in [4.78, 5) is 19.0. The first-order chi connectivity index (χ1) is 12.7. The molecule has 4 nitrogen and oxygen atoms in total. The van der Waals surface area contributed by atoms with E-state index in [1.165, 1.54) is 5.56 Å². The number of anilines is 2. The Hall–Kier alpha value is -3.40. The molecule has 0 saturated heterocycles. The van der Waals surface area contributed by atoms with Gasteiger partial charge in [0.05, 0.1) is 17.1 Å². The normalized spacial score (nSPS) is 12.3. The Labute approximate surface area is 152 Å². The molecule has 0 unspecified atom stereocenters. The number of carbonyl (C=O) groups excluding carboxylic acids is 1. The van der Waals surface area contributed by atoms with Gasteiger partial charge in [-0.1, -0.05) is 54.6 Å². The van der Waals surface area contributed by atoms with Gasteiger partial charge in [0.1, 0.15) is 0 Å². The van der Waals surface area contributed by atoms with Gasteiger partial charge >= 0.3 is 6.03 Å². The van der Waals surface area contributed by atoms with Gasteiger partial charge in [0.2, 0.25) is 0 Å². The maximum Gasteiger partial charge on any atom is 0.326 e. The van der Waals surface area contributed by atoms with Crippen LogP contribution in [0.5, 0.6) is 0 Å². The van der Waals surface area contributed by atoms with Gasteiger partial charge in [-0.25, -0.2) is 4.79 Å². The van der Waals surface area contributed by atoms with E-state index in [-0.39, 0.29) is 6.03 Å². The van der Waals surface area contributed by atoms with Gasteiger partial charge in [-0.05, 0) is 29.8 Å². The molecule has 4 heteroatoms. The molecule has 3 aromatic rings. The van der Waals surface area contributed by atoms with Gasteiger partial charge in [0, 0.05) is 24.7 Å². The average molecular weight is 341 g/mol. The molecule has 0 aromatic heterocycles. The molecule has 128 valence electrons. The Morgan fingerprint density at radius 2 is 1.62 bits per heavy atom. The zero-order chi connectivity index (χ0) is 17.9. The molecular formula is C22H19N3O. The number of rotatable bonds is 3. The third-order valence-electron chi connectivity index (χ3n) is 4.53. The molecule has 1 aliphatic rings. The van der Waals surface area contributed by atoms with Crippen LogP contribution in [-0.4, -0.2) is 18.8 Å². The van der Waals surface area contributed by atoms with Crippen molar-refractivity contribution in [3.05, 3.63) is 90.0 Å². The van der Waals surface area contributed by atoms with Gasteiger partial charge in [-0.15, -0.1) is 0 Å². The molecule has 0 saturated carbocycles. The molecule has 0 atom stereocenters. The highest BCUT2D eigenvalue weighted by atomic mass is 16.2. The summed E-state index contributed by atoms with van der Waals surface area (Å²) < 4.78 is 0. The number of amides is 2. The zero-order valence-electron chi connectivity index (χ0n) is 14.5. The molecule has 0 radical (unpaired) electrons. The van der Waals surface area contributed by atoms with E-state index in [4.69, 9.17) is 4.99 Å². The van der Waals surface area contributed by atoms with E-state index in [1.807, 2.05) is 72.8 Å². The van der Waals surface area contributed by atoms with Crippen LogP contribution in [0.3, 0.4) is 0 Å². The van der Waals surface area contributed by atoms with Crippen LogP contribution in [0.1, 0.15) is 11.1 Å². The predicted molar refractivity (Wildman–Crippen MR) is 107 cm³/mol. The lowest BCUT2D eigenvalue weighted by molar-refractivity contribution is 0.258. The molecule has 26 heavy (non-hydrogen) atoms. The van der Waals surface area contributed by atoms with E-state index in [0.29, 0.717) is 0 Å². The summed E-state index contributed by atoms with van der Waals surface area (Å²) in [5, 5.41) is 3.02. The summed E-state index contributed by atoms with van der Waals surface area (Å²) in [5.74, 6) is 0. The Morgan fingerprint density at radius 3 is 2.42 bits per heavy atom.